The van der Waals surface area contributed by atoms with Gasteiger partial charge in [-0.2, -0.15) is 5.10 Å². The highest BCUT2D eigenvalue weighted by Crippen LogP contribution is 2.16. The molecule has 0 saturated carbocycles. The highest BCUT2D eigenvalue weighted by Gasteiger charge is 2.03. The van der Waals surface area contributed by atoms with Crippen LogP contribution in [0.4, 0.5) is 0 Å². The third kappa shape index (κ3) is 1.85. The molecule has 0 aliphatic heterocycles. The molecule has 1 aromatic carbocycles. The molecule has 0 unspecified atom stereocenters. The number of nitrogens with one attached hydrogen (secondary N) is 1. The van der Waals surface area contributed by atoms with Gasteiger partial charge in [-0.05, 0) is 23.8 Å². The van der Waals surface area contributed by atoms with Crippen molar-refractivity contribution in [1.29, 1.82) is 0 Å². The molecule has 0 radical (unpaired) electrons. The number of benzene rings is 1. The number of para-hydroxylation sites is 1. The van der Waals surface area contributed by atoms with E-state index in [0.29, 0.717) is 11.3 Å². The Kier molecular flexibility index (Phi) is 2.45. The zero-order valence-electron chi connectivity index (χ0n) is 9.00. The van der Waals surface area contributed by atoms with Crippen molar-refractivity contribution in [3.63, 3.8) is 0 Å². The molecule has 0 aliphatic carbocycles. The van der Waals surface area contributed by atoms with Gasteiger partial charge >= 0.3 is 0 Å². The molecule has 3 aromatic rings. The SMILES string of the molecule is S=c1[nH]ncn1Cc1cccc2cccnc12. The average Bonchev–Trinajstić information content (AvgIpc) is 2.76. The van der Waals surface area contributed by atoms with Crippen LogP contribution < -0.4 is 0 Å². The van der Waals surface area contributed by atoms with E-state index in [9.17, 15) is 0 Å². The summed E-state index contributed by atoms with van der Waals surface area (Å²) >= 11 is 5.13. The summed E-state index contributed by atoms with van der Waals surface area (Å²) in [5.41, 5.74) is 2.15. The van der Waals surface area contributed by atoms with Gasteiger partial charge in [0.15, 0.2) is 4.77 Å². The molecule has 1 N–H and O–H groups in total. The van der Waals surface area contributed by atoms with Crippen LogP contribution in [0.3, 0.4) is 0 Å². The predicted octanol–water partition coefficient (Wildman–Crippen LogP) is 2.54. The summed E-state index contributed by atoms with van der Waals surface area (Å²) in [6, 6.07) is 10.1. The van der Waals surface area contributed by atoms with E-state index in [-0.39, 0.29) is 0 Å². The summed E-state index contributed by atoms with van der Waals surface area (Å²) < 4.78 is 2.51. The molecule has 0 atom stereocenters. The summed E-state index contributed by atoms with van der Waals surface area (Å²) in [6.07, 6.45) is 3.50. The van der Waals surface area contributed by atoms with Crippen LogP contribution in [-0.4, -0.2) is 19.7 Å². The maximum Gasteiger partial charge on any atom is 0.195 e. The molecular weight excluding hydrogens is 232 g/mol. The second-order valence-corrected chi connectivity index (χ2v) is 4.17. The summed E-state index contributed by atoms with van der Waals surface area (Å²) in [4.78, 5) is 4.41. The number of aromatic nitrogens is 4. The van der Waals surface area contributed by atoms with Gasteiger partial charge in [-0.3, -0.25) is 10.1 Å². The molecule has 17 heavy (non-hydrogen) atoms. The van der Waals surface area contributed by atoms with Crippen LogP contribution in [-0.2, 0) is 6.54 Å². The van der Waals surface area contributed by atoms with Crippen molar-refractivity contribution in [1.82, 2.24) is 19.7 Å². The molecule has 0 bridgehead atoms. The van der Waals surface area contributed by atoms with Crippen molar-refractivity contribution in [2.24, 2.45) is 0 Å². The Morgan fingerprint density at radius 1 is 1.24 bits per heavy atom. The summed E-state index contributed by atoms with van der Waals surface area (Å²) in [5, 5.41) is 7.79. The lowest BCUT2D eigenvalue weighted by Gasteiger charge is -2.05. The van der Waals surface area contributed by atoms with Crippen LogP contribution in [0.1, 0.15) is 5.56 Å². The fraction of sp³-hybridized carbons (Fsp3) is 0.0833. The Balaban J connectivity index is 2.12. The monoisotopic (exact) mass is 242 g/mol. The molecule has 3 rings (SSSR count). The lowest BCUT2D eigenvalue weighted by molar-refractivity contribution is 0.786. The number of aromatic amines is 1. The molecular formula is C12H10N4S. The van der Waals surface area contributed by atoms with E-state index in [1.165, 1.54) is 0 Å². The highest BCUT2D eigenvalue weighted by molar-refractivity contribution is 7.71. The van der Waals surface area contributed by atoms with Gasteiger partial charge in [0, 0.05) is 11.6 Å². The number of rotatable bonds is 2. The maximum absolute atomic E-state index is 5.13. The third-order valence-corrected chi connectivity index (χ3v) is 3.00. The third-order valence-electron chi connectivity index (χ3n) is 2.68. The number of H-pyrrole nitrogens is 1. The van der Waals surface area contributed by atoms with Crippen molar-refractivity contribution >= 4 is 23.1 Å². The Morgan fingerprint density at radius 2 is 2.12 bits per heavy atom. The largest absolute Gasteiger partial charge is 0.302 e. The van der Waals surface area contributed by atoms with E-state index >= 15 is 0 Å². The summed E-state index contributed by atoms with van der Waals surface area (Å²) in [6.45, 7) is 0.684. The van der Waals surface area contributed by atoms with Crippen molar-refractivity contribution < 1.29 is 0 Å². The van der Waals surface area contributed by atoms with Crippen molar-refractivity contribution in [2.75, 3.05) is 0 Å². The van der Waals surface area contributed by atoms with E-state index in [2.05, 4.69) is 33.4 Å². The first-order chi connectivity index (χ1) is 8.34. The van der Waals surface area contributed by atoms with Crippen LogP contribution in [0.5, 0.6) is 0 Å². The van der Waals surface area contributed by atoms with Crippen LogP contribution >= 0.6 is 12.2 Å². The standard InChI is InChI=1S/C12H10N4S/c17-12-15-14-8-16(12)7-10-4-1-3-9-5-2-6-13-11(9)10/h1-6,8H,7H2,(H,15,17). The van der Waals surface area contributed by atoms with Crippen LogP contribution in [0, 0.1) is 4.77 Å². The molecule has 0 amide bonds. The molecule has 0 spiro atoms. The van der Waals surface area contributed by atoms with Gasteiger partial charge in [-0.25, -0.2) is 0 Å². The minimum absolute atomic E-state index is 0.623. The van der Waals surface area contributed by atoms with Gasteiger partial charge in [-0.15, -0.1) is 0 Å². The Bertz CT molecular complexity index is 708. The summed E-state index contributed by atoms with van der Waals surface area (Å²) in [7, 11) is 0. The fourth-order valence-corrected chi connectivity index (χ4v) is 2.03. The van der Waals surface area contributed by atoms with Crippen molar-refractivity contribution in [3.8, 4) is 0 Å². The first-order valence-corrected chi connectivity index (χ1v) is 5.68. The second kappa shape index (κ2) is 4.10. The fourth-order valence-electron chi connectivity index (χ4n) is 1.86. The quantitative estimate of drug-likeness (QED) is 0.702. The molecule has 0 saturated heterocycles. The lowest BCUT2D eigenvalue weighted by atomic mass is 10.1. The van der Waals surface area contributed by atoms with Gasteiger partial charge in [0.05, 0.1) is 12.1 Å². The molecule has 5 heteroatoms. The molecule has 4 nitrogen and oxygen atoms in total. The van der Waals surface area contributed by atoms with Gasteiger partial charge < -0.3 is 4.57 Å². The Hall–Kier alpha value is -2.01. The number of hydrogen-bond acceptors (Lipinski definition) is 3. The lowest BCUT2D eigenvalue weighted by Crippen LogP contribution is -1.99. The highest BCUT2D eigenvalue weighted by atomic mass is 32.1. The van der Waals surface area contributed by atoms with E-state index in [1.54, 1.807) is 12.5 Å². The van der Waals surface area contributed by atoms with Crippen molar-refractivity contribution in [2.45, 2.75) is 6.54 Å². The Morgan fingerprint density at radius 3 is 2.94 bits per heavy atom. The maximum atomic E-state index is 5.13. The molecule has 2 heterocycles. The number of pyridine rings is 1. The number of nitrogens with zero attached hydrogens (tertiary/aromatic N) is 3. The molecule has 0 aliphatic rings. The normalized spacial score (nSPS) is 10.8. The topological polar surface area (TPSA) is 46.5 Å². The van der Waals surface area contributed by atoms with Gasteiger partial charge in [-0.1, -0.05) is 24.3 Å². The number of hydrogen-bond donors (Lipinski definition) is 1. The van der Waals surface area contributed by atoms with E-state index in [4.69, 9.17) is 12.2 Å². The molecule has 2 aromatic heterocycles. The van der Waals surface area contributed by atoms with Gasteiger partial charge in [0.1, 0.15) is 6.33 Å². The Labute approximate surface area is 103 Å². The zero-order chi connectivity index (χ0) is 11.7. The van der Waals surface area contributed by atoms with Crippen LogP contribution in [0.15, 0.2) is 42.9 Å². The van der Waals surface area contributed by atoms with Crippen molar-refractivity contribution in [3.05, 3.63) is 53.2 Å². The minimum Gasteiger partial charge on any atom is -0.302 e. The number of fused-ring (bicyclic) bond motifs is 1. The minimum atomic E-state index is 0.623. The van der Waals surface area contributed by atoms with E-state index < -0.39 is 0 Å². The van der Waals surface area contributed by atoms with E-state index in [0.717, 1.165) is 16.5 Å². The van der Waals surface area contributed by atoms with Gasteiger partial charge in [0.25, 0.3) is 0 Å². The first kappa shape index (κ1) is 10.2. The average molecular weight is 242 g/mol. The smallest absolute Gasteiger partial charge is 0.195 e. The second-order valence-electron chi connectivity index (χ2n) is 3.78. The molecule has 84 valence electrons. The van der Waals surface area contributed by atoms with Gasteiger partial charge in [0.2, 0.25) is 0 Å². The zero-order valence-corrected chi connectivity index (χ0v) is 9.81. The first-order valence-electron chi connectivity index (χ1n) is 5.27. The van der Waals surface area contributed by atoms with Crippen LogP contribution in [0.2, 0.25) is 0 Å². The van der Waals surface area contributed by atoms with Crippen LogP contribution in [0.25, 0.3) is 10.9 Å². The molecule has 0 fully saturated rings. The predicted molar refractivity (Wildman–Crippen MR) is 68.3 cm³/mol. The summed E-state index contributed by atoms with van der Waals surface area (Å²) in [5.74, 6) is 0. The van der Waals surface area contributed by atoms with E-state index in [1.807, 2.05) is 16.7 Å².